The molecule has 1 saturated carbocycles. The number of anilines is 2. The van der Waals surface area contributed by atoms with Gasteiger partial charge in [0.15, 0.2) is 0 Å². The maximum atomic E-state index is 5.51. The first-order valence-corrected chi connectivity index (χ1v) is 6.68. The molecule has 0 radical (unpaired) electrons. The zero-order valence-electron chi connectivity index (χ0n) is 11.5. The molecule has 1 aliphatic carbocycles. The van der Waals surface area contributed by atoms with E-state index < -0.39 is 0 Å². The molecule has 0 saturated heterocycles. The van der Waals surface area contributed by atoms with Crippen molar-refractivity contribution in [2.75, 3.05) is 17.4 Å². The predicted octanol–water partition coefficient (Wildman–Crippen LogP) is 2.15. The number of hydrogen-bond donors (Lipinski definition) is 2. The van der Waals surface area contributed by atoms with Crippen LogP contribution in [0.1, 0.15) is 43.5 Å². The quantitative estimate of drug-likeness (QED) is 0.634. The van der Waals surface area contributed by atoms with Crippen molar-refractivity contribution >= 4 is 11.6 Å². The summed E-state index contributed by atoms with van der Waals surface area (Å²) in [5, 5.41) is 0. The van der Waals surface area contributed by atoms with Crippen molar-refractivity contribution in [3.8, 4) is 0 Å². The van der Waals surface area contributed by atoms with Crippen molar-refractivity contribution in [3.05, 3.63) is 11.4 Å². The SMILES string of the molecule is Cc1nc(NN)c(C)c(N(C)C2CCCCC2)n1. The number of aromatic nitrogens is 2. The van der Waals surface area contributed by atoms with E-state index in [9.17, 15) is 0 Å². The average Bonchev–Trinajstić information content (AvgIpc) is 2.41. The first kappa shape index (κ1) is 13.1. The fourth-order valence-electron chi connectivity index (χ4n) is 2.74. The van der Waals surface area contributed by atoms with Crippen LogP contribution in [0.3, 0.4) is 0 Å². The highest BCUT2D eigenvalue weighted by atomic mass is 15.3. The third kappa shape index (κ3) is 2.56. The molecule has 0 unspecified atom stereocenters. The molecule has 18 heavy (non-hydrogen) atoms. The van der Waals surface area contributed by atoms with Crippen LogP contribution in [0, 0.1) is 13.8 Å². The van der Waals surface area contributed by atoms with Crippen molar-refractivity contribution in [1.29, 1.82) is 0 Å². The Balaban J connectivity index is 2.28. The predicted molar refractivity (Wildman–Crippen MR) is 74.6 cm³/mol. The lowest BCUT2D eigenvalue weighted by atomic mass is 9.94. The Morgan fingerprint density at radius 2 is 1.83 bits per heavy atom. The van der Waals surface area contributed by atoms with E-state index in [1.54, 1.807) is 0 Å². The second kappa shape index (κ2) is 5.52. The van der Waals surface area contributed by atoms with Gasteiger partial charge in [-0.25, -0.2) is 15.8 Å². The summed E-state index contributed by atoms with van der Waals surface area (Å²) in [7, 11) is 2.13. The summed E-state index contributed by atoms with van der Waals surface area (Å²) < 4.78 is 0. The van der Waals surface area contributed by atoms with Crippen molar-refractivity contribution in [1.82, 2.24) is 9.97 Å². The van der Waals surface area contributed by atoms with E-state index in [1.807, 2.05) is 13.8 Å². The molecule has 1 aromatic rings. The zero-order chi connectivity index (χ0) is 13.1. The minimum Gasteiger partial charge on any atom is -0.356 e. The maximum Gasteiger partial charge on any atom is 0.148 e. The van der Waals surface area contributed by atoms with Crippen molar-refractivity contribution in [2.45, 2.75) is 52.0 Å². The first-order chi connectivity index (χ1) is 8.63. The van der Waals surface area contributed by atoms with Gasteiger partial charge in [-0.15, -0.1) is 0 Å². The number of hydrogen-bond acceptors (Lipinski definition) is 5. The third-order valence-electron chi connectivity index (χ3n) is 3.83. The summed E-state index contributed by atoms with van der Waals surface area (Å²) >= 11 is 0. The Bertz CT molecular complexity index is 412. The highest BCUT2D eigenvalue weighted by Crippen LogP contribution is 2.28. The zero-order valence-corrected chi connectivity index (χ0v) is 11.5. The van der Waals surface area contributed by atoms with Gasteiger partial charge in [0, 0.05) is 18.7 Å². The fraction of sp³-hybridized carbons (Fsp3) is 0.692. The van der Waals surface area contributed by atoms with Crippen molar-refractivity contribution < 1.29 is 0 Å². The number of nitrogens with two attached hydrogens (primary N) is 1. The van der Waals surface area contributed by atoms with Crippen LogP contribution in [-0.4, -0.2) is 23.1 Å². The van der Waals surface area contributed by atoms with Crippen LogP contribution in [0.4, 0.5) is 11.6 Å². The normalized spacial score (nSPS) is 16.7. The highest BCUT2D eigenvalue weighted by molar-refractivity contribution is 5.58. The first-order valence-electron chi connectivity index (χ1n) is 6.68. The van der Waals surface area contributed by atoms with E-state index in [1.165, 1.54) is 32.1 Å². The van der Waals surface area contributed by atoms with Crippen molar-refractivity contribution in [3.63, 3.8) is 0 Å². The van der Waals surface area contributed by atoms with E-state index in [0.29, 0.717) is 6.04 Å². The van der Waals surface area contributed by atoms with Gasteiger partial charge in [0.2, 0.25) is 0 Å². The van der Waals surface area contributed by atoms with Crippen LogP contribution in [0.5, 0.6) is 0 Å². The van der Waals surface area contributed by atoms with Gasteiger partial charge in [0.05, 0.1) is 0 Å². The summed E-state index contributed by atoms with van der Waals surface area (Å²) in [5.41, 5.74) is 3.68. The van der Waals surface area contributed by atoms with Gasteiger partial charge in [-0.1, -0.05) is 19.3 Å². The molecule has 2 rings (SSSR count). The van der Waals surface area contributed by atoms with Crippen LogP contribution in [0.15, 0.2) is 0 Å². The van der Waals surface area contributed by atoms with Gasteiger partial charge < -0.3 is 10.3 Å². The molecular weight excluding hydrogens is 226 g/mol. The fourth-order valence-corrected chi connectivity index (χ4v) is 2.74. The monoisotopic (exact) mass is 249 g/mol. The van der Waals surface area contributed by atoms with Gasteiger partial charge in [0.25, 0.3) is 0 Å². The maximum absolute atomic E-state index is 5.51. The van der Waals surface area contributed by atoms with Crippen molar-refractivity contribution in [2.24, 2.45) is 5.84 Å². The number of hydrazine groups is 1. The molecule has 1 aromatic heterocycles. The molecule has 0 amide bonds. The van der Waals surface area contributed by atoms with E-state index in [-0.39, 0.29) is 0 Å². The molecule has 1 aliphatic rings. The van der Waals surface area contributed by atoms with Gasteiger partial charge in [-0.2, -0.15) is 0 Å². The van der Waals surface area contributed by atoms with E-state index >= 15 is 0 Å². The summed E-state index contributed by atoms with van der Waals surface area (Å²) in [5.74, 6) is 7.99. The lowest BCUT2D eigenvalue weighted by Crippen LogP contribution is -2.35. The van der Waals surface area contributed by atoms with Crippen LogP contribution in [0.2, 0.25) is 0 Å². The van der Waals surface area contributed by atoms with Gasteiger partial charge in [-0.3, -0.25) is 0 Å². The van der Waals surface area contributed by atoms with E-state index in [2.05, 4.69) is 27.3 Å². The third-order valence-corrected chi connectivity index (χ3v) is 3.83. The molecule has 0 atom stereocenters. The largest absolute Gasteiger partial charge is 0.356 e. The van der Waals surface area contributed by atoms with Gasteiger partial charge >= 0.3 is 0 Å². The minimum absolute atomic E-state index is 0.595. The molecule has 100 valence electrons. The average molecular weight is 249 g/mol. The number of nitrogens with one attached hydrogen (secondary N) is 1. The Labute approximate surface area is 109 Å². The molecule has 5 heteroatoms. The Morgan fingerprint density at radius 1 is 1.17 bits per heavy atom. The Kier molecular flexibility index (Phi) is 4.01. The molecule has 1 heterocycles. The smallest absolute Gasteiger partial charge is 0.148 e. The summed E-state index contributed by atoms with van der Waals surface area (Å²) in [6.45, 7) is 3.92. The van der Waals surface area contributed by atoms with Crippen LogP contribution < -0.4 is 16.2 Å². The van der Waals surface area contributed by atoms with Crippen LogP contribution >= 0.6 is 0 Å². The van der Waals surface area contributed by atoms with Gasteiger partial charge in [0.1, 0.15) is 17.5 Å². The Morgan fingerprint density at radius 3 is 2.44 bits per heavy atom. The number of aryl methyl sites for hydroxylation is 1. The second-order valence-electron chi connectivity index (χ2n) is 5.12. The summed E-state index contributed by atoms with van der Waals surface area (Å²) in [6.07, 6.45) is 6.51. The lowest BCUT2D eigenvalue weighted by Gasteiger charge is -2.33. The summed E-state index contributed by atoms with van der Waals surface area (Å²) in [4.78, 5) is 11.2. The second-order valence-corrected chi connectivity index (χ2v) is 5.12. The molecule has 0 bridgehead atoms. The lowest BCUT2D eigenvalue weighted by molar-refractivity contribution is 0.425. The number of nitrogen functional groups attached to an aromatic ring is 1. The standard InChI is InChI=1S/C13H23N5/c1-9-12(17-14)15-10(2)16-13(9)18(3)11-7-5-4-6-8-11/h11H,4-8,14H2,1-3H3,(H,15,16,17). The number of rotatable bonds is 3. The van der Waals surface area contributed by atoms with E-state index in [0.717, 1.165) is 23.0 Å². The Hall–Kier alpha value is -1.36. The topological polar surface area (TPSA) is 67.1 Å². The number of nitrogens with zero attached hydrogens (tertiary/aromatic N) is 3. The molecule has 0 aliphatic heterocycles. The highest BCUT2D eigenvalue weighted by Gasteiger charge is 2.21. The molecule has 0 aromatic carbocycles. The molecule has 5 nitrogen and oxygen atoms in total. The van der Waals surface area contributed by atoms with E-state index in [4.69, 9.17) is 5.84 Å². The molecular formula is C13H23N5. The summed E-state index contributed by atoms with van der Waals surface area (Å²) in [6, 6.07) is 0.595. The molecule has 3 N–H and O–H groups in total. The van der Waals surface area contributed by atoms with Crippen LogP contribution in [0.25, 0.3) is 0 Å². The molecule has 1 fully saturated rings. The van der Waals surface area contributed by atoms with Gasteiger partial charge in [-0.05, 0) is 26.7 Å². The minimum atomic E-state index is 0.595. The molecule has 0 spiro atoms. The van der Waals surface area contributed by atoms with Crippen LogP contribution in [-0.2, 0) is 0 Å².